The predicted molar refractivity (Wildman–Crippen MR) is 95.8 cm³/mol. The van der Waals surface area contributed by atoms with Crippen LogP contribution >= 0.6 is 0 Å². The molecule has 0 aliphatic carbocycles. The SMILES string of the molecule is CC(=O)C1(C[C@H](N)C(=O)OCc2ccccc2)C=Nc2ccccc21. The van der Waals surface area contributed by atoms with Crippen molar-refractivity contribution < 1.29 is 14.3 Å². The number of nitrogens with two attached hydrogens (primary N) is 1. The Labute approximate surface area is 146 Å². The highest BCUT2D eigenvalue weighted by atomic mass is 16.5. The first-order valence-corrected chi connectivity index (χ1v) is 8.15. The van der Waals surface area contributed by atoms with E-state index in [1.54, 1.807) is 6.21 Å². The van der Waals surface area contributed by atoms with E-state index in [9.17, 15) is 9.59 Å². The van der Waals surface area contributed by atoms with Crippen LogP contribution in [-0.2, 0) is 26.3 Å². The predicted octanol–water partition coefficient (Wildman–Crippen LogP) is 2.69. The topological polar surface area (TPSA) is 81.8 Å². The fourth-order valence-electron chi connectivity index (χ4n) is 3.07. The lowest BCUT2D eigenvalue weighted by Gasteiger charge is -2.27. The summed E-state index contributed by atoms with van der Waals surface area (Å²) in [7, 11) is 0. The molecule has 2 N–H and O–H groups in total. The number of carbonyl (C=O) groups is 2. The van der Waals surface area contributed by atoms with Gasteiger partial charge in [0.05, 0.1) is 11.1 Å². The van der Waals surface area contributed by atoms with Gasteiger partial charge in [0.2, 0.25) is 0 Å². The molecule has 1 aliphatic heterocycles. The number of esters is 1. The highest BCUT2D eigenvalue weighted by Gasteiger charge is 2.43. The molecule has 0 bridgehead atoms. The second kappa shape index (κ2) is 6.99. The Morgan fingerprint density at radius 2 is 1.80 bits per heavy atom. The molecule has 2 atom stereocenters. The first-order chi connectivity index (χ1) is 12.0. The van der Waals surface area contributed by atoms with Gasteiger partial charge in [-0.1, -0.05) is 48.5 Å². The molecule has 1 unspecified atom stereocenters. The van der Waals surface area contributed by atoms with Gasteiger partial charge in [-0.25, -0.2) is 0 Å². The Bertz CT molecular complexity index is 817. The first kappa shape index (κ1) is 17.0. The van der Waals surface area contributed by atoms with Gasteiger partial charge in [-0.15, -0.1) is 0 Å². The van der Waals surface area contributed by atoms with Gasteiger partial charge in [-0.2, -0.15) is 0 Å². The van der Waals surface area contributed by atoms with E-state index >= 15 is 0 Å². The van der Waals surface area contributed by atoms with Crippen LogP contribution in [0.2, 0.25) is 0 Å². The minimum atomic E-state index is -0.970. The summed E-state index contributed by atoms with van der Waals surface area (Å²) in [5.74, 6) is -0.616. The Hall–Kier alpha value is -2.79. The Balaban J connectivity index is 1.72. The summed E-state index contributed by atoms with van der Waals surface area (Å²) in [6.07, 6.45) is 1.74. The van der Waals surface area contributed by atoms with Gasteiger partial charge >= 0.3 is 5.97 Å². The standard InChI is InChI=1S/C20H20N2O3/c1-14(23)20(13-22-18-10-6-5-9-16(18)20)11-17(21)19(24)25-12-15-7-3-2-4-8-15/h2-10,13,17H,11-12,21H2,1H3/t17-,20?/m0/s1. The zero-order valence-electron chi connectivity index (χ0n) is 14.0. The molecule has 5 nitrogen and oxygen atoms in total. The molecule has 0 fully saturated rings. The smallest absolute Gasteiger partial charge is 0.323 e. The molecule has 128 valence electrons. The summed E-state index contributed by atoms with van der Waals surface area (Å²) >= 11 is 0. The molecule has 5 heteroatoms. The van der Waals surface area contributed by atoms with Crippen molar-refractivity contribution in [1.82, 2.24) is 0 Å². The molecule has 1 aliphatic rings. The molecule has 0 spiro atoms. The number of para-hydroxylation sites is 1. The largest absolute Gasteiger partial charge is 0.460 e. The zero-order valence-corrected chi connectivity index (χ0v) is 14.0. The summed E-state index contributed by atoms with van der Waals surface area (Å²) in [5.41, 5.74) is 7.49. The second-order valence-corrected chi connectivity index (χ2v) is 6.21. The molecule has 3 rings (SSSR count). The number of hydrogen-bond acceptors (Lipinski definition) is 5. The summed E-state index contributed by atoms with van der Waals surface area (Å²) in [6, 6.07) is 15.9. The highest BCUT2D eigenvalue weighted by molar-refractivity contribution is 6.09. The maximum absolute atomic E-state index is 12.4. The van der Waals surface area contributed by atoms with E-state index in [0.29, 0.717) is 0 Å². The molecule has 25 heavy (non-hydrogen) atoms. The van der Waals surface area contributed by atoms with Crippen LogP contribution in [0.15, 0.2) is 59.6 Å². The van der Waals surface area contributed by atoms with E-state index in [1.165, 1.54) is 6.92 Å². The molecular formula is C20H20N2O3. The molecule has 2 aromatic rings. The average Bonchev–Trinajstić information content (AvgIpc) is 3.00. The van der Waals surface area contributed by atoms with Gasteiger partial charge in [-0.05, 0) is 30.5 Å². The van der Waals surface area contributed by atoms with Crippen molar-refractivity contribution in [1.29, 1.82) is 0 Å². The Morgan fingerprint density at radius 1 is 1.12 bits per heavy atom. The fraction of sp³-hybridized carbons (Fsp3) is 0.250. The van der Waals surface area contributed by atoms with Gasteiger partial charge in [0.1, 0.15) is 18.4 Å². The van der Waals surface area contributed by atoms with E-state index in [4.69, 9.17) is 10.5 Å². The maximum Gasteiger partial charge on any atom is 0.323 e. The van der Waals surface area contributed by atoms with E-state index in [2.05, 4.69) is 4.99 Å². The van der Waals surface area contributed by atoms with Crippen molar-refractivity contribution in [2.75, 3.05) is 0 Å². The third-order valence-electron chi connectivity index (χ3n) is 4.51. The monoisotopic (exact) mass is 336 g/mol. The molecule has 1 heterocycles. The van der Waals surface area contributed by atoms with E-state index < -0.39 is 17.4 Å². The number of nitrogens with zero attached hydrogens (tertiary/aromatic N) is 1. The van der Waals surface area contributed by atoms with E-state index in [0.717, 1.165) is 16.8 Å². The zero-order chi connectivity index (χ0) is 17.9. The van der Waals surface area contributed by atoms with Crippen LogP contribution < -0.4 is 5.73 Å². The van der Waals surface area contributed by atoms with Gasteiger partial charge in [0.15, 0.2) is 0 Å². The maximum atomic E-state index is 12.4. The van der Waals surface area contributed by atoms with E-state index in [1.807, 2.05) is 54.6 Å². The minimum absolute atomic E-state index is 0.0903. The van der Waals surface area contributed by atoms with E-state index in [-0.39, 0.29) is 18.8 Å². The van der Waals surface area contributed by atoms with Crippen molar-refractivity contribution in [3.05, 3.63) is 65.7 Å². The van der Waals surface area contributed by atoms with Crippen molar-refractivity contribution in [2.24, 2.45) is 10.7 Å². The number of rotatable bonds is 6. The number of carbonyl (C=O) groups excluding carboxylic acids is 2. The lowest BCUT2D eigenvalue weighted by Crippen LogP contribution is -2.44. The minimum Gasteiger partial charge on any atom is -0.460 e. The average molecular weight is 336 g/mol. The summed E-state index contributed by atoms with van der Waals surface area (Å²) in [5, 5.41) is 0. The van der Waals surface area contributed by atoms with Gasteiger partial charge in [0, 0.05) is 6.21 Å². The van der Waals surface area contributed by atoms with Crippen molar-refractivity contribution in [3.63, 3.8) is 0 Å². The van der Waals surface area contributed by atoms with Crippen molar-refractivity contribution in [3.8, 4) is 0 Å². The summed E-state index contributed by atoms with van der Waals surface area (Å²) in [4.78, 5) is 29.0. The van der Waals surface area contributed by atoms with Crippen LogP contribution in [0.5, 0.6) is 0 Å². The number of ether oxygens (including phenoxy) is 1. The number of Topliss-reactive ketones (excluding diaryl/α,β-unsaturated/α-hetero) is 1. The fourth-order valence-corrected chi connectivity index (χ4v) is 3.07. The lowest BCUT2D eigenvalue weighted by molar-refractivity contribution is -0.147. The molecule has 0 saturated carbocycles. The molecule has 0 aromatic heterocycles. The molecule has 0 radical (unpaired) electrons. The first-order valence-electron chi connectivity index (χ1n) is 8.15. The highest BCUT2D eigenvalue weighted by Crippen LogP contribution is 2.40. The Kier molecular flexibility index (Phi) is 4.76. The van der Waals surface area contributed by atoms with Crippen molar-refractivity contribution >= 4 is 23.7 Å². The number of ketones is 1. The van der Waals surface area contributed by atoms with Crippen LogP contribution in [-0.4, -0.2) is 24.0 Å². The lowest BCUT2D eigenvalue weighted by atomic mass is 9.74. The molecular weight excluding hydrogens is 316 g/mol. The number of hydrogen-bond donors (Lipinski definition) is 1. The molecule has 2 aromatic carbocycles. The van der Waals surface area contributed by atoms with Crippen LogP contribution in [0, 0.1) is 0 Å². The van der Waals surface area contributed by atoms with Crippen LogP contribution in [0.4, 0.5) is 5.69 Å². The number of fused-ring (bicyclic) bond motifs is 1. The molecule has 0 amide bonds. The number of aliphatic imine (C=N–C) groups is 1. The van der Waals surface area contributed by atoms with Crippen LogP contribution in [0.1, 0.15) is 24.5 Å². The van der Waals surface area contributed by atoms with Crippen molar-refractivity contribution in [2.45, 2.75) is 31.4 Å². The summed E-state index contributed by atoms with van der Waals surface area (Å²) < 4.78 is 5.29. The van der Waals surface area contributed by atoms with Gasteiger partial charge < -0.3 is 10.5 Å². The third kappa shape index (κ3) is 3.37. The summed E-state index contributed by atoms with van der Waals surface area (Å²) in [6.45, 7) is 1.65. The quantitative estimate of drug-likeness (QED) is 0.822. The third-order valence-corrected chi connectivity index (χ3v) is 4.51. The normalized spacial score (nSPS) is 19.3. The Morgan fingerprint density at radius 3 is 2.52 bits per heavy atom. The van der Waals surface area contributed by atoms with Crippen LogP contribution in [0.25, 0.3) is 0 Å². The van der Waals surface area contributed by atoms with Crippen LogP contribution in [0.3, 0.4) is 0 Å². The van der Waals surface area contributed by atoms with Gasteiger partial charge in [-0.3, -0.25) is 14.6 Å². The molecule has 0 saturated heterocycles. The van der Waals surface area contributed by atoms with Gasteiger partial charge in [0.25, 0.3) is 0 Å². The number of benzene rings is 2. The second-order valence-electron chi connectivity index (χ2n) is 6.21.